The standard InChI is InChI=1S/C27H40FN3O3/c28-23-8-4-7-22(18-23)25(31-13-15-34-16-14-31)19-29-27(33)21-9-11-24(12-10-21)30-26(32)17-20-5-2-1-3-6-20/h4,7-8,18,20-21,24-25H,1-3,5-6,9-17,19H2,(H,29,33)(H,30,32). The lowest BCUT2D eigenvalue weighted by atomic mass is 9.84. The van der Waals surface area contributed by atoms with Crippen molar-refractivity contribution in [3.05, 3.63) is 35.6 Å². The normalized spacial score (nSPS) is 25.4. The van der Waals surface area contributed by atoms with Crippen LogP contribution in [-0.4, -0.2) is 55.6 Å². The largest absolute Gasteiger partial charge is 0.379 e. The highest BCUT2D eigenvalue weighted by atomic mass is 19.1. The number of amides is 2. The summed E-state index contributed by atoms with van der Waals surface area (Å²) in [6, 6.07) is 6.78. The molecule has 6 nitrogen and oxygen atoms in total. The van der Waals surface area contributed by atoms with Crippen LogP contribution in [-0.2, 0) is 14.3 Å². The smallest absolute Gasteiger partial charge is 0.223 e. The summed E-state index contributed by atoms with van der Waals surface area (Å²) < 4.78 is 19.4. The number of hydrogen-bond acceptors (Lipinski definition) is 4. The van der Waals surface area contributed by atoms with Crippen molar-refractivity contribution >= 4 is 11.8 Å². The molecule has 2 saturated carbocycles. The van der Waals surface area contributed by atoms with Crippen LogP contribution in [0.3, 0.4) is 0 Å². The predicted molar refractivity (Wildman–Crippen MR) is 130 cm³/mol. The molecule has 1 aromatic rings. The number of carbonyl (C=O) groups is 2. The van der Waals surface area contributed by atoms with Crippen molar-refractivity contribution < 1.29 is 18.7 Å². The molecule has 3 fully saturated rings. The number of ether oxygens (including phenoxy) is 1. The predicted octanol–water partition coefficient (Wildman–Crippen LogP) is 3.96. The van der Waals surface area contributed by atoms with Crippen molar-refractivity contribution in [1.29, 1.82) is 0 Å². The van der Waals surface area contributed by atoms with Gasteiger partial charge in [0.05, 0.1) is 19.3 Å². The van der Waals surface area contributed by atoms with Crippen LogP contribution in [0.2, 0.25) is 0 Å². The third-order valence-corrected chi connectivity index (χ3v) is 7.85. The third kappa shape index (κ3) is 7.25. The minimum absolute atomic E-state index is 0.0238. The SMILES string of the molecule is O=C(CC1CCCCC1)NC1CCC(C(=O)NCC(c2cccc(F)c2)N2CCOCC2)CC1. The van der Waals surface area contributed by atoms with E-state index < -0.39 is 0 Å². The van der Waals surface area contributed by atoms with Crippen molar-refractivity contribution in [2.75, 3.05) is 32.8 Å². The Bertz CT molecular complexity index is 800. The summed E-state index contributed by atoms with van der Waals surface area (Å²) in [7, 11) is 0. The van der Waals surface area contributed by atoms with Crippen LogP contribution in [0.15, 0.2) is 24.3 Å². The monoisotopic (exact) mass is 473 g/mol. The van der Waals surface area contributed by atoms with Crippen molar-refractivity contribution in [1.82, 2.24) is 15.5 Å². The Morgan fingerprint density at radius 1 is 1.03 bits per heavy atom. The lowest BCUT2D eigenvalue weighted by molar-refractivity contribution is -0.126. The second-order valence-corrected chi connectivity index (χ2v) is 10.3. The quantitative estimate of drug-likeness (QED) is 0.600. The highest BCUT2D eigenvalue weighted by molar-refractivity contribution is 5.79. The fourth-order valence-corrected chi connectivity index (χ4v) is 5.84. The number of carbonyl (C=O) groups excluding carboxylic acids is 2. The van der Waals surface area contributed by atoms with Crippen LogP contribution >= 0.6 is 0 Å². The lowest BCUT2D eigenvalue weighted by Crippen LogP contribution is -2.45. The molecule has 0 aromatic heterocycles. The van der Waals surface area contributed by atoms with Crippen LogP contribution < -0.4 is 10.6 Å². The Morgan fingerprint density at radius 3 is 2.47 bits per heavy atom. The van der Waals surface area contributed by atoms with E-state index in [0.29, 0.717) is 32.1 Å². The molecular weight excluding hydrogens is 433 g/mol. The molecule has 1 aromatic carbocycles. The molecule has 3 aliphatic rings. The van der Waals surface area contributed by atoms with E-state index in [4.69, 9.17) is 4.74 Å². The van der Waals surface area contributed by atoms with Gasteiger partial charge in [-0.25, -0.2) is 4.39 Å². The highest BCUT2D eigenvalue weighted by Gasteiger charge is 2.29. The van der Waals surface area contributed by atoms with Crippen molar-refractivity contribution in [3.8, 4) is 0 Å². The van der Waals surface area contributed by atoms with Crippen LogP contribution in [0.25, 0.3) is 0 Å². The molecule has 1 heterocycles. The third-order valence-electron chi connectivity index (χ3n) is 7.85. The summed E-state index contributed by atoms with van der Waals surface area (Å²) >= 11 is 0. The Labute approximate surface area is 203 Å². The number of nitrogens with zero attached hydrogens (tertiary/aromatic N) is 1. The molecule has 1 atom stereocenters. The zero-order valence-electron chi connectivity index (χ0n) is 20.3. The van der Waals surface area contributed by atoms with Gasteiger partial charge in [0.25, 0.3) is 0 Å². The first-order valence-electron chi connectivity index (χ1n) is 13.2. The number of nitrogens with one attached hydrogen (secondary N) is 2. The van der Waals surface area contributed by atoms with E-state index in [1.165, 1.54) is 38.2 Å². The van der Waals surface area contributed by atoms with Crippen LogP contribution in [0.4, 0.5) is 4.39 Å². The van der Waals surface area contributed by atoms with Gasteiger partial charge in [-0.1, -0.05) is 31.4 Å². The molecule has 0 radical (unpaired) electrons. The maximum atomic E-state index is 13.9. The second-order valence-electron chi connectivity index (χ2n) is 10.3. The molecule has 2 N–H and O–H groups in total. The zero-order valence-corrected chi connectivity index (χ0v) is 20.3. The maximum Gasteiger partial charge on any atom is 0.223 e. The molecule has 2 amide bonds. The first kappa shape index (κ1) is 25.1. The first-order chi connectivity index (χ1) is 16.6. The fraction of sp³-hybridized carbons (Fsp3) is 0.704. The van der Waals surface area contributed by atoms with Gasteiger partial charge >= 0.3 is 0 Å². The van der Waals surface area contributed by atoms with E-state index in [9.17, 15) is 14.0 Å². The molecule has 0 spiro atoms. The van der Waals surface area contributed by atoms with Gasteiger partial charge in [0.2, 0.25) is 11.8 Å². The Morgan fingerprint density at radius 2 is 1.76 bits per heavy atom. The molecule has 2 aliphatic carbocycles. The fourth-order valence-electron chi connectivity index (χ4n) is 5.84. The molecule has 0 bridgehead atoms. The number of halogens is 1. The van der Waals surface area contributed by atoms with Gasteiger partial charge < -0.3 is 15.4 Å². The van der Waals surface area contributed by atoms with Crippen molar-refractivity contribution in [3.63, 3.8) is 0 Å². The summed E-state index contributed by atoms with van der Waals surface area (Å²) in [5, 5.41) is 6.37. The molecular formula is C27H40FN3O3. The maximum absolute atomic E-state index is 13.9. The Balaban J connectivity index is 1.23. The van der Waals surface area contributed by atoms with Crippen LogP contribution in [0.1, 0.15) is 75.8 Å². The topological polar surface area (TPSA) is 70.7 Å². The zero-order chi connectivity index (χ0) is 23.8. The molecule has 34 heavy (non-hydrogen) atoms. The first-order valence-corrected chi connectivity index (χ1v) is 13.2. The molecule has 4 rings (SSSR count). The molecule has 1 aliphatic heterocycles. The van der Waals surface area contributed by atoms with E-state index >= 15 is 0 Å². The van der Waals surface area contributed by atoms with Gasteiger partial charge in [0, 0.05) is 38.0 Å². The minimum atomic E-state index is -0.258. The number of rotatable bonds is 8. The number of hydrogen-bond donors (Lipinski definition) is 2. The van der Waals surface area contributed by atoms with Crippen LogP contribution in [0, 0.1) is 17.7 Å². The van der Waals surface area contributed by atoms with Gasteiger partial charge in [0.15, 0.2) is 0 Å². The average Bonchev–Trinajstić information content (AvgIpc) is 2.86. The van der Waals surface area contributed by atoms with E-state index in [1.54, 1.807) is 12.1 Å². The van der Waals surface area contributed by atoms with Gasteiger partial charge in [-0.3, -0.25) is 14.5 Å². The van der Waals surface area contributed by atoms with Crippen molar-refractivity contribution in [2.24, 2.45) is 11.8 Å². The average molecular weight is 474 g/mol. The van der Waals surface area contributed by atoms with Gasteiger partial charge in [-0.15, -0.1) is 0 Å². The Kier molecular flexibility index (Phi) is 9.33. The minimum Gasteiger partial charge on any atom is -0.379 e. The molecule has 188 valence electrons. The Hall–Kier alpha value is -1.99. The van der Waals surface area contributed by atoms with Gasteiger partial charge in [0.1, 0.15) is 5.82 Å². The van der Waals surface area contributed by atoms with Crippen molar-refractivity contribution in [2.45, 2.75) is 76.3 Å². The number of morpholine rings is 1. The molecule has 1 saturated heterocycles. The van der Waals surface area contributed by atoms with E-state index in [1.807, 2.05) is 6.07 Å². The van der Waals surface area contributed by atoms with E-state index in [2.05, 4.69) is 15.5 Å². The molecule has 1 unspecified atom stereocenters. The van der Waals surface area contributed by atoms with E-state index in [-0.39, 0.29) is 35.6 Å². The summed E-state index contributed by atoms with van der Waals surface area (Å²) in [4.78, 5) is 27.7. The summed E-state index contributed by atoms with van der Waals surface area (Å²) in [6.45, 7) is 3.29. The second kappa shape index (κ2) is 12.6. The molecule has 7 heteroatoms. The summed E-state index contributed by atoms with van der Waals surface area (Å²) in [5.74, 6) is 0.522. The summed E-state index contributed by atoms with van der Waals surface area (Å²) in [6.07, 6.45) is 10.1. The lowest BCUT2D eigenvalue weighted by Gasteiger charge is -2.35. The van der Waals surface area contributed by atoms with Crippen LogP contribution in [0.5, 0.6) is 0 Å². The number of benzene rings is 1. The summed E-state index contributed by atoms with van der Waals surface area (Å²) in [5.41, 5.74) is 0.881. The van der Waals surface area contributed by atoms with E-state index in [0.717, 1.165) is 44.3 Å². The van der Waals surface area contributed by atoms with Gasteiger partial charge in [-0.2, -0.15) is 0 Å². The highest BCUT2D eigenvalue weighted by Crippen LogP contribution is 2.28. The van der Waals surface area contributed by atoms with Gasteiger partial charge in [-0.05, 0) is 62.1 Å².